The molecule has 0 bridgehead atoms. The number of benzene rings is 2. The number of carbonyl (C=O) groups is 2. The summed E-state index contributed by atoms with van der Waals surface area (Å²) in [7, 11) is 2.92. The SMILES string of the molecule is COC(=O)c1cn([C@@H]2C[C@@H](C(=O)NCc3ccc(OC)cc3)N(Cc3ccc(Cl)cc3)C2)nn1. The first kappa shape index (κ1) is 23.7. The van der Waals surface area contributed by atoms with Gasteiger partial charge >= 0.3 is 5.97 Å². The molecule has 178 valence electrons. The number of halogens is 1. The van der Waals surface area contributed by atoms with Gasteiger partial charge in [0.25, 0.3) is 0 Å². The van der Waals surface area contributed by atoms with E-state index in [0.29, 0.717) is 31.1 Å². The van der Waals surface area contributed by atoms with Crippen LogP contribution in [-0.2, 0) is 22.6 Å². The number of esters is 1. The Labute approximate surface area is 202 Å². The van der Waals surface area contributed by atoms with Crippen molar-refractivity contribution >= 4 is 23.5 Å². The Morgan fingerprint density at radius 2 is 1.79 bits per heavy atom. The van der Waals surface area contributed by atoms with E-state index in [9.17, 15) is 9.59 Å². The fourth-order valence-electron chi connectivity index (χ4n) is 4.05. The fourth-order valence-corrected chi connectivity index (χ4v) is 4.17. The lowest BCUT2D eigenvalue weighted by Crippen LogP contribution is -2.42. The standard InChI is InChI=1S/C24H26ClN5O4/c1-33-20-9-5-16(6-10-20)12-26-23(31)22-11-19(30-15-21(27-28-30)24(32)34-2)14-29(22)13-17-3-7-18(25)8-4-17/h3-10,15,19,22H,11-14H2,1-2H3,(H,26,31)/t19-,22+/m1/s1. The summed E-state index contributed by atoms with van der Waals surface area (Å²) in [5.41, 5.74) is 2.16. The number of methoxy groups -OCH3 is 2. The van der Waals surface area contributed by atoms with E-state index in [1.165, 1.54) is 7.11 Å². The smallest absolute Gasteiger partial charge is 0.360 e. The van der Waals surface area contributed by atoms with Crippen LogP contribution in [0.1, 0.15) is 34.1 Å². The zero-order valence-corrected chi connectivity index (χ0v) is 19.7. The minimum absolute atomic E-state index is 0.0689. The molecule has 10 heteroatoms. The van der Waals surface area contributed by atoms with Crippen LogP contribution < -0.4 is 10.1 Å². The van der Waals surface area contributed by atoms with Gasteiger partial charge in [0, 0.05) is 24.7 Å². The Morgan fingerprint density at radius 1 is 1.09 bits per heavy atom. The van der Waals surface area contributed by atoms with Gasteiger partial charge in [-0.3, -0.25) is 9.69 Å². The lowest BCUT2D eigenvalue weighted by Gasteiger charge is -2.23. The number of nitrogens with zero attached hydrogens (tertiary/aromatic N) is 4. The minimum atomic E-state index is -0.545. The molecule has 1 amide bonds. The summed E-state index contributed by atoms with van der Waals surface area (Å²) in [4.78, 5) is 27.1. The summed E-state index contributed by atoms with van der Waals surface area (Å²) in [6, 6.07) is 14.7. The van der Waals surface area contributed by atoms with Crippen molar-refractivity contribution in [1.82, 2.24) is 25.2 Å². The van der Waals surface area contributed by atoms with Crippen LogP contribution in [0.25, 0.3) is 0 Å². The van der Waals surface area contributed by atoms with Gasteiger partial charge in [0.05, 0.1) is 32.5 Å². The third kappa shape index (κ3) is 5.55. The molecule has 34 heavy (non-hydrogen) atoms. The molecule has 4 rings (SSSR count). The monoisotopic (exact) mass is 483 g/mol. The molecule has 2 atom stereocenters. The van der Waals surface area contributed by atoms with Crippen LogP contribution in [0.15, 0.2) is 54.7 Å². The number of hydrogen-bond donors (Lipinski definition) is 1. The topological polar surface area (TPSA) is 98.6 Å². The highest BCUT2D eigenvalue weighted by Gasteiger charge is 2.38. The van der Waals surface area contributed by atoms with Crippen molar-refractivity contribution in [2.75, 3.05) is 20.8 Å². The van der Waals surface area contributed by atoms with Gasteiger partial charge in [-0.25, -0.2) is 9.48 Å². The van der Waals surface area contributed by atoms with Crippen LogP contribution in [0.2, 0.25) is 5.02 Å². The molecule has 0 unspecified atom stereocenters. The quantitative estimate of drug-likeness (QED) is 0.492. The molecule has 1 aliphatic rings. The van der Waals surface area contributed by atoms with Gasteiger partial charge in [0.15, 0.2) is 5.69 Å². The van der Waals surface area contributed by atoms with Crippen LogP contribution in [0.4, 0.5) is 0 Å². The molecule has 1 saturated heterocycles. The predicted molar refractivity (Wildman–Crippen MR) is 126 cm³/mol. The van der Waals surface area contributed by atoms with Crippen molar-refractivity contribution in [3.05, 3.63) is 76.6 Å². The first-order valence-electron chi connectivity index (χ1n) is 10.9. The van der Waals surface area contributed by atoms with Crippen molar-refractivity contribution in [2.24, 2.45) is 0 Å². The maximum atomic E-state index is 13.2. The van der Waals surface area contributed by atoms with Crippen molar-refractivity contribution < 1.29 is 19.1 Å². The molecule has 0 radical (unpaired) electrons. The van der Waals surface area contributed by atoms with E-state index in [-0.39, 0.29) is 23.7 Å². The highest BCUT2D eigenvalue weighted by Crippen LogP contribution is 2.29. The largest absolute Gasteiger partial charge is 0.497 e. The van der Waals surface area contributed by atoms with Crippen LogP contribution in [0, 0.1) is 0 Å². The highest BCUT2D eigenvalue weighted by molar-refractivity contribution is 6.30. The van der Waals surface area contributed by atoms with E-state index in [0.717, 1.165) is 16.9 Å². The van der Waals surface area contributed by atoms with Gasteiger partial charge in [-0.1, -0.05) is 41.1 Å². The van der Waals surface area contributed by atoms with Gasteiger partial charge in [0.1, 0.15) is 5.75 Å². The summed E-state index contributed by atoms with van der Waals surface area (Å²) in [5.74, 6) is 0.152. The van der Waals surface area contributed by atoms with Crippen molar-refractivity contribution in [3.63, 3.8) is 0 Å². The highest BCUT2D eigenvalue weighted by atomic mass is 35.5. The lowest BCUT2D eigenvalue weighted by molar-refractivity contribution is -0.125. The molecule has 2 aromatic carbocycles. The number of nitrogens with one attached hydrogen (secondary N) is 1. The first-order chi connectivity index (χ1) is 16.5. The molecule has 0 aliphatic carbocycles. The van der Waals surface area contributed by atoms with Crippen LogP contribution in [0.5, 0.6) is 5.75 Å². The summed E-state index contributed by atoms with van der Waals surface area (Å²) in [5, 5.41) is 11.7. The molecular weight excluding hydrogens is 458 g/mol. The van der Waals surface area contributed by atoms with Crippen LogP contribution >= 0.6 is 11.6 Å². The number of aromatic nitrogens is 3. The van der Waals surface area contributed by atoms with Gasteiger partial charge in [-0.15, -0.1) is 5.10 Å². The Hall–Kier alpha value is -3.43. The van der Waals surface area contributed by atoms with Crippen LogP contribution in [0.3, 0.4) is 0 Å². The maximum Gasteiger partial charge on any atom is 0.360 e. The molecule has 1 N–H and O–H groups in total. The van der Waals surface area contributed by atoms with Gasteiger partial charge < -0.3 is 14.8 Å². The Kier molecular flexibility index (Phi) is 7.44. The summed E-state index contributed by atoms with van der Waals surface area (Å²) < 4.78 is 11.5. The summed E-state index contributed by atoms with van der Waals surface area (Å²) >= 11 is 6.03. The molecule has 3 aromatic rings. The second-order valence-electron chi connectivity index (χ2n) is 8.10. The number of amides is 1. The van der Waals surface area contributed by atoms with E-state index in [4.69, 9.17) is 21.1 Å². The Morgan fingerprint density at radius 3 is 2.47 bits per heavy atom. The zero-order valence-electron chi connectivity index (χ0n) is 19.0. The predicted octanol–water partition coefficient (Wildman–Crippen LogP) is 2.86. The van der Waals surface area contributed by atoms with Crippen molar-refractivity contribution in [2.45, 2.75) is 31.6 Å². The second kappa shape index (κ2) is 10.7. The molecule has 1 aromatic heterocycles. The molecule has 9 nitrogen and oxygen atoms in total. The Balaban J connectivity index is 1.48. The average molecular weight is 484 g/mol. The summed E-state index contributed by atoms with van der Waals surface area (Å²) in [6.45, 7) is 1.56. The average Bonchev–Trinajstić information content (AvgIpc) is 3.51. The van der Waals surface area contributed by atoms with Gasteiger partial charge in [0.2, 0.25) is 5.91 Å². The van der Waals surface area contributed by atoms with Crippen molar-refractivity contribution in [3.8, 4) is 5.75 Å². The van der Waals surface area contributed by atoms with E-state index in [2.05, 4.69) is 20.5 Å². The molecule has 0 spiro atoms. The molecule has 2 heterocycles. The molecule has 1 aliphatic heterocycles. The third-order valence-electron chi connectivity index (χ3n) is 5.89. The number of hydrogen-bond acceptors (Lipinski definition) is 7. The fraction of sp³-hybridized carbons (Fsp3) is 0.333. The number of carbonyl (C=O) groups excluding carboxylic acids is 2. The van der Waals surface area contributed by atoms with Crippen molar-refractivity contribution in [1.29, 1.82) is 0 Å². The number of likely N-dealkylation sites (tertiary alicyclic amines) is 1. The molecular formula is C24H26ClN5O4. The van der Waals surface area contributed by atoms with E-state index >= 15 is 0 Å². The second-order valence-corrected chi connectivity index (χ2v) is 8.54. The van der Waals surface area contributed by atoms with E-state index in [1.54, 1.807) is 18.0 Å². The lowest BCUT2D eigenvalue weighted by atomic mass is 10.1. The minimum Gasteiger partial charge on any atom is -0.497 e. The normalized spacial score (nSPS) is 18.0. The molecule has 1 fully saturated rings. The van der Waals surface area contributed by atoms with E-state index in [1.807, 2.05) is 48.5 Å². The summed E-state index contributed by atoms with van der Waals surface area (Å²) in [6.07, 6.45) is 2.10. The Bertz CT molecular complexity index is 1130. The number of rotatable bonds is 8. The van der Waals surface area contributed by atoms with Crippen LogP contribution in [-0.4, -0.2) is 58.6 Å². The first-order valence-corrected chi connectivity index (χ1v) is 11.2. The van der Waals surface area contributed by atoms with Gasteiger partial charge in [-0.2, -0.15) is 0 Å². The van der Waals surface area contributed by atoms with E-state index < -0.39 is 5.97 Å². The maximum absolute atomic E-state index is 13.2. The zero-order chi connectivity index (χ0) is 24.1. The van der Waals surface area contributed by atoms with Gasteiger partial charge in [-0.05, 0) is 41.8 Å². The number of ether oxygens (including phenoxy) is 2. The third-order valence-corrected chi connectivity index (χ3v) is 6.14. The molecule has 0 saturated carbocycles.